The van der Waals surface area contributed by atoms with Crippen molar-refractivity contribution in [2.24, 2.45) is 0 Å². The third-order valence-corrected chi connectivity index (χ3v) is 1.98. The van der Waals surface area contributed by atoms with E-state index in [2.05, 4.69) is 9.97 Å². The Labute approximate surface area is 93.1 Å². The Morgan fingerprint density at radius 3 is 2.38 bits per heavy atom. The molecule has 0 unspecified atom stereocenters. The summed E-state index contributed by atoms with van der Waals surface area (Å²) in [6, 6.07) is 9.12. The van der Waals surface area contributed by atoms with Gasteiger partial charge in [-0.1, -0.05) is 17.7 Å². The molecule has 0 spiro atoms. The SMILES string of the molecule is Cc1ccc(Oc2cc(N)nc(N)n2)cc1. The maximum Gasteiger partial charge on any atom is 0.226 e. The molecule has 0 aliphatic carbocycles. The summed E-state index contributed by atoms with van der Waals surface area (Å²) in [5.74, 6) is 1.41. The highest BCUT2D eigenvalue weighted by atomic mass is 16.5. The molecule has 0 atom stereocenters. The lowest BCUT2D eigenvalue weighted by Crippen LogP contribution is -2.00. The van der Waals surface area contributed by atoms with Gasteiger partial charge in [-0.2, -0.15) is 9.97 Å². The summed E-state index contributed by atoms with van der Waals surface area (Å²) >= 11 is 0. The van der Waals surface area contributed by atoms with E-state index in [0.717, 1.165) is 5.56 Å². The van der Waals surface area contributed by atoms with Crippen LogP contribution in [0, 0.1) is 6.92 Å². The molecule has 0 radical (unpaired) electrons. The van der Waals surface area contributed by atoms with Crippen LogP contribution in [0.15, 0.2) is 30.3 Å². The number of benzene rings is 1. The van der Waals surface area contributed by atoms with Crippen LogP contribution < -0.4 is 16.2 Å². The molecule has 1 aromatic carbocycles. The van der Waals surface area contributed by atoms with Crippen molar-refractivity contribution in [3.63, 3.8) is 0 Å². The summed E-state index contributed by atoms with van der Waals surface area (Å²) in [6.45, 7) is 2.00. The van der Waals surface area contributed by atoms with Crippen LogP contribution in [0.5, 0.6) is 11.6 Å². The van der Waals surface area contributed by atoms with Crippen LogP contribution in [0.3, 0.4) is 0 Å². The first kappa shape index (κ1) is 10.2. The van der Waals surface area contributed by atoms with E-state index >= 15 is 0 Å². The molecule has 0 saturated heterocycles. The Morgan fingerprint density at radius 1 is 1.06 bits per heavy atom. The van der Waals surface area contributed by atoms with Crippen LogP contribution in [-0.2, 0) is 0 Å². The third-order valence-electron chi connectivity index (χ3n) is 1.98. The molecule has 5 nitrogen and oxygen atoms in total. The third kappa shape index (κ3) is 2.38. The van der Waals surface area contributed by atoms with Crippen molar-refractivity contribution in [1.82, 2.24) is 9.97 Å². The van der Waals surface area contributed by atoms with Gasteiger partial charge in [-0.05, 0) is 19.1 Å². The lowest BCUT2D eigenvalue weighted by atomic mass is 10.2. The molecule has 2 rings (SSSR count). The Bertz CT molecular complexity index is 476. The van der Waals surface area contributed by atoms with Crippen LogP contribution >= 0.6 is 0 Å². The zero-order valence-electron chi connectivity index (χ0n) is 8.84. The summed E-state index contributed by atoms with van der Waals surface area (Å²) < 4.78 is 5.48. The molecule has 4 N–H and O–H groups in total. The minimum Gasteiger partial charge on any atom is -0.439 e. The second kappa shape index (κ2) is 4.06. The fraction of sp³-hybridized carbons (Fsp3) is 0.0909. The highest BCUT2D eigenvalue weighted by Gasteiger charge is 2.02. The first-order valence-electron chi connectivity index (χ1n) is 4.78. The molecule has 0 aliphatic rings. The van der Waals surface area contributed by atoms with E-state index in [1.54, 1.807) is 0 Å². The largest absolute Gasteiger partial charge is 0.439 e. The zero-order valence-corrected chi connectivity index (χ0v) is 8.84. The van der Waals surface area contributed by atoms with Gasteiger partial charge in [0.1, 0.15) is 11.6 Å². The van der Waals surface area contributed by atoms with Gasteiger partial charge in [0.25, 0.3) is 0 Å². The highest BCUT2D eigenvalue weighted by Crippen LogP contribution is 2.21. The summed E-state index contributed by atoms with van der Waals surface area (Å²) in [7, 11) is 0. The number of ether oxygens (including phenoxy) is 1. The van der Waals surface area contributed by atoms with Gasteiger partial charge in [-0.25, -0.2) is 0 Å². The molecule has 0 fully saturated rings. The fourth-order valence-electron chi connectivity index (χ4n) is 1.24. The van der Waals surface area contributed by atoms with E-state index in [1.165, 1.54) is 6.07 Å². The second-order valence-electron chi connectivity index (χ2n) is 3.40. The van der Waals surface area contributed by atoms with E-state index in [4.69, 9.17) is 16.2 Å². The predicted octanol–water partition coefficient (Wildman–Crippen LogP) is 1.74. The summed E-state index contributed by atoms with van der Waals surface area (Å²) in [5, 5.41) is 0. The van der Waals surface area contributed by atoms with Crippen molar-refractivity contribution in [2.45, 2.75) is 6.92 Å². The van der Waals surface area contributed by atoms with E-state index in [-0.39, 0.29) is 11.8 Å². The van der Waals surface area contributed by atoms with Gasteiger partial charge in [0.05, 0.1) is 0 Å². The average molecular weight is 216 g/mol. The van der Waals surface area contributed by atoms with E-state index in [1.807, 2.05) is 31.2 Å². The average Bonchev–Trinajstić information content (AvgIpc) is 2.20. The van der Waals surface area contributed by atoms with Crippen molar-refractivity contribution in [3.8, 4) is 11.6 Å². The summed E-state index contributed by atoms with van der Waals surface area (Å²) in [5.41, 5.74) is 12.1. The smallest absolute Gasteiger partial charge is 0.226 e. The molecule has 82 valence electrons. The predicted molar refractivity (Wildman–Crippen MR) is 62.1 cm³/mol. The van der Waals surface area contributed by atoms with E-state index < -0.39 is 0 Å². The van der Waals surface area contributed by atoms with E-state index in [9.17, 15) is 0 Å². The summed E-state index contributed by atoms with van der Waals surface area (Å²) in [4.78, 5) is 7.67. The number of aromatic nitrogens is 2. The normalized spacial score (nSPS) is 10.1. The maximum absolute atomic E-state index is 5.53. The number of nitrogens with two attached hydrogens (primary N) is 2. The molecule has 0 saturated carbocycles. The van der Waals surface area contributed by atoms with Crippen LogP contribution in [0.2, 0.25) is 0 Å². The molecule has 0 amide bonds. The quantitative estimate of drug-likeness (QED) is 0.798. The van der Waals surface area contributed by atoms with Gasteiger partial charge in [0.2, 0.25) is 11.8 Å². The van der Waals surface area contributed by atoms with Gasteiger partial charge in [0.15, 0.2) is 0 Å². The van der Waals surface area contributed by atoms with Crippen molar-refractivity contribution < 1.29 is 4.74 Å². The Balaban J connectivity index is 2.23. The van der Waals surface area contributed by atoms with Crippen molar-refractivity contribution in [1.29, 1.82) is 0 Å². The maximum atomic E-state index is 5.53. The number of nitrogen functional groups attached to an aromatic ring is 2. The first-order valence-corrected chi connectivity index (χ1v) is 4.78. The van der Waals surface area contributed by atoms with Gasteiger partial charge >= 0.3 is 0 Å². The zero-order chi connectivity index (χ0) is 11.5. The molecule has 1 aromatic heterocycles. The van der Waals surface area contributed by atoms with Crippen LogP contribution in [-0.4, -0.2) is 9.97 Å². The lowest BCUT2D eigenvalue weighted by molar-refractivity contribution is 0.463. The van der Waals surface area contributed by atoms with E-state index in [0.29, 0.717) is 11.6 Å². The van der Waals surface area contributed by atoms with Crippen molar-refractivity contribution in [2.75, 3.05) is 11.5 Å². The minimum absolute atomic E-state index is 0.0992. The lowest BCUT2D eigenvalue weighted by Gasteiger charge is -2.05. The molecule has 5 heteroatoms. The van der Waals surface area contributed by atoms with Gasteiger partial charge in [-0.15, -0.1) is 0 Å². The van der Waals surface area contributed by atoms with Crippen molar-refractivity contribution >= 4 is 11.8 Å². The summed E-state index contributed by atoms with van der Waals surface area (Å²) in [6.07, 6.45) is 0. The van der Waals surface area contributed by atoms with Crippen molar-refractivity contribution in [3.05, 3.63) is 35.9 Å². The molecule has 0 bridgehead atoms. The van der Waals surface area contributed by atoms with Gasteiger partial charge in [0, 0.05) is 6.07 Å². The highest BCUT2D eigenvalue weighted by molar-refractivity contribution is 5.40. The molecule has 0 aliphatic heterocycles. The molecular formula is C11H12N4O. The molecular weight excluding hydrogens is 204 g/mol. The van der Waals surface area contributed by atoms with Gasteiger partial charge in [-0.3, -0.25) is 0 Å². The number of hydrogen-bond donors (Lipinski definition) is 2. The molecule has 1 heterocycles. The number of nitrogens with zero attached hydrogens (tertiary/aromatic N) is 2. The first-order chi connectivity index (χ1) is 7.63. The monoisotopic (exact) mass is 216 g/mol. The van der Waals surface area contributed by atoms with Crippen LogP contribution in [0.4, 0.5) is 11.8 Å². The minimum atomic E-state index is 0.0992. The Morgan fingerprint density at radius 2 is 1.75 bits per heavy atom. The van der Waals surface area contributed by atoms with Gasteiger partial charge < -0.3 is 16.2 Å². The Kier molecular flexibility index (Phi) is 2.59. The van der Waals surface area contributed by atoms with Crippen LogP contribution in [0.1, 0.15) is 5.56 Å². The molecule has 16 heavy (non-hydrogen) atoms. The second-order valence-corrected chi connectivity index (χ2v) is 3.40. The number of rotatable bonds is 2. The van der Waals surface area contributed by atoms with Crippen LogP contribution in [0.25, 0.3) is 0 Å². The Hall–Kier alpha value is -2.30. The topological polar surface area (TPSA) is 87.0 Å². The number of hydrogen-bond acceptors (Lipinski definition) is 5. The number of aryl methyl sites for hydroxylation is 1. The standard InChI is InChI=1S/C11H12N4O/c1-7-2-4-8(5-3-7)16-10-6-9(12)14-11(13)15-10/h2-6H,1H3,(H4,12,13,14,15). The molecule has 2 aromatic rings. The number of anilines is 2. The fourth-order valence-corrected chi connectivity index (χ4v) is 1.24.